The molecular weight excluding hydrogens is 254 g/mol. The highest BCUT2D eigenvalue weighted by Crippen LogP contribution is 2.44. The molecule has 1 unspecified atom stereocenters. The fourth-order valence-corrected chi connectivity index (χ4v) is 3.79. The van der Waals surface area contributed by atoms with Crippen LogP contribution in [0.3, 0.4) is 0 Å². The third kappa shape index (κ3) is 3.58. The lowest BCUT2D eigenvalue weighted by Gasteiger charge is -2.47. The molecule has 0 amide bonds. The van der Waals surface area contributed by atoms with E-state index in [-0.39, 0.29) is 5.41 Å². The fraction of sp³-hybridized carbons (Fsp3) is 0.600. The molecule has 1 nitrogen and oxygen atoms in total. The zero-order valence-corrected chi connectivity index (χ0v) is 14.2. The molecule has 1 aromatic carbocycles. The van der Waals surface area contributed by atoms with Gasteiger partial charge in [-0.05, 0) is 37.7 Å². The van der Waals surface area contributed by atoms with Gasteiger partial charge in [-0.25, -0.2) is 0 Å². The summed E-state index contributed by atoms with van der Waals surface area (Å²) in [4.78, 5) is 0. The highest BCUT2D eigenvalue weighted by atomic mass is 15.0. The second-order valence-corrected chi connectivity index (χ2v) is 7.19. The van der Waals surface area contributed by atoms with Crippen molar-refractivity contribution in [2.75, 3.05) is 0 Å². The first-order valence-corrected chi connectivity index (χ1v) is 8.46. The third-order valence-corrected chi connectivity index (χ3v) is 5.37. The maximum absolute atomic E-state index is 4.35. The van der Waals surface area contributed by atoms with Crippen molar-refractivity contribution in [1.82, 2.24) is 5.32 Å². The van der Waals surface area contributed by atoms with Gasteiger partial charge in [0.1, 0.15) is 0 Å². The Morgan fingerprint density at radius 1 is 1.29 bits per heavy atom. The van der Waals surface area contributed by atoms with E-state index < -0.39 is 0 Å². The van der Waals surface area contributed by atoms with E-state index in [0.717, 1.165) is 5.92 Å². The van der Waals surface area contributed by atoms with E-state index in [1.165, 1.54) is 36.8 Å². The minimum atomic E-state index is 0.182. The second kappa shape index (κ2) is 6.79. The molecule has 21 heavy (non-hydrogen) atoms. The Morgan fingerprint density at radius 3 is 2.57 bits per heavy atom. The van der Waals surface area contributed by atoms with Gasteiger partial charge in [-0.15, -0.1) is 0 Å². The van der Waals surface area contributed by atoms with Crippen LogP contribution in [0.25, 0.3) is 0 Å². The molecule has 1 aromatic rings. The van der Waals surface area contributed by atoms with Crippen molar-refractivity contribution in [2.45, 2.75) is 65.5 Å². The predicted octanol–water partition coefficient (Wildman–Crippen LogP) is 5.50. The zero-order valence-electron chi connectivity index (χ0n) is 14.2. The molecule has 0 saturated heterocycles. The molecule has 1 aliphatic rings. The lowest BCUT2D eigenvalue weighted by molar-refractivity contribution is 0.144. The van der Waals surface area contributed by atoms with Crippen LogP contribution in [0.1, 0.15) is 65.0 Å². The SMILES string of the molecule is C=C1CCC(CCC)[C@H](N[C@@H](C)c2ccccc2)C1(C)C. The van der Waals surface area contributed by atoms with Crippen LogP contribution in [-0.2, 0) is 0 Å². The first-order chi connectivity index (χ1) is 9.96. The molecule has 0 radical (unpaired) electrons. The van der Waals surface area contributed by atoms with Crippen LogP contribution in [-0.4, -0.2) is 6.04 Å². The smallest absolute Gasteiger partial charge is 0.0294 e. The summed E-state index contributed by atoms with van der Waals surface area (Å²) in [7, 11) is 0. The van der Waals surface area contributed by atoms with Crippen molar-refractivity contribution in [3.05, 3.63) is 48.0 Å². The molecule has 0 heterocycles. The summed E-state index contributed by atoms with van der Waals surface area (Å²) in [6.45, 7) is 13.7. The summed E-state index contributed by atoms with van der Waals surface area (Å²) in [5.41, 5.74) is 2.97. The number of nitrogens with one attached hydrogen (secondary N) is 1. The van der Waals surface area contributed by atoms with Gasteiger partial charge in [-0.1, -0.05) is 69.7 Å². The zero-order chi connectivity index (χ0) is 15.5. The van der Waals surface area contributed by atoms with Gasteiger partial charge in [-0.2, -0.15) is 0 Å². The summed E-state index contributed by atoms with van der Waals surface area (Å²) in [5.74, 6) is 0.765. The summed E-state index contributed by atoms with van der Waals surface area (Å²) in [5, 5.41) is 3.93. The van der Waals surface area contributed by atoms with Crippen LogP contribution in [0, 0.1) is 11.3 Å². The van der Waals surface area contributed by atoms with Gasteiger partial charge in [0, 0.05) is 17.5 Å². The van der Waals surface area contributed by atoms with Gasteiger partial charge in [-0.3, -0.25) is 0 Å². The largest absolute Gasteiger partial charge is 0.306 e. The Kier molecular flexibility index (Phi) is 5.27. The van der Waals surface area contributed by atoms with Crippen molar-refractivity contribution in [3.63, 3.8) is 0 Å². The van der Waals surface area contributed by atoms with E-state index in [1.807, 2.05) is 0 Å². The molecule has 2 rings (SSSR count). The predicted molar refractivity (Wildman–Crippen MR) is 92.3 cm³/mol. The second-order valence-electron chi connectivity index (χ2n) is 7.19. The monoisotopic (exact) mass is 285 g/mol. The van der Waals surface area contributed by atoms with Gasteiger partial charge in [0.2, 0.25) is 0 Å². The van der Waals surface area contributed by atoms with Gasteiger partial charge in [0.05, 0.1) is 0 Å². The summed E-state index contributed by atoms with van der Waals surface area (Å²) in [6, 6.07) is 11.7. The maximum Gasteiger partial charge on any atom is 0.0294 e. The van der Waals surface area contributed by atoms with Gasteiger partial charge in [0.25, 0.3) is 0 Å². The van der Waals surface area contributed by atoms with Crippen LogP contribution < -0.4 is 5.32 Å². The summed E-state index contributed by atoms with van der Waals surface area (Å²) >= 11 is 0. The quantitative estimate of drug-likeness (QED) is 0.704. The number of hydrogen-bond donors (Lipinski definition) is 1. The normalized spacial score (nSPS) is 26.6. The van der Waals surface area contributed by atoms with E-state index in [2.05, 4.69) is 69.9 Å². The van der Waals surface area contributed by atoms with Crippen molar-refractivity contribution in [3.8, 4) is 0 Å². The summed E-state index contributed by atoms with van der Waals surface area (Å²) in [6.07, 6.45) is 5.06. The minimum absolute atomic E-state index is 0.182. The number of benzene rings is 1. The molecule has 116 valence electrons. The standard InChI is InChI=1S/C20H31N/c1-6-10-18-14-13-15(2)20(4,5)19(18)21-16(3)17-11-8-7-9-12-17/h7-9,11-12,16,18-19,21H,2,6,10,13-14H2,1,3-5H3/t16-,18?,19-/m0/s1. The molecule has 0 aromatic heterocycles. The third-order valence-electron chi connectivity index (χ3n) is 5.37. The Hall–Kier alpha value is -1.08. The van der Waals surface area contributed by atoms with Crippen LogP contribution in [0.2, 0.25) is 0 Å². The lowest BCUT2D eigenvalue weighted by atomic mass is 9.64. The molecule has 1 heteroatoms. The minimum Gasteiger partial charge on any atom is -0.306 e. The highest BCUT2D eigenvalue weighted by Gasteiger charge is 2.41. The van der Waals surface area contributed by atoms with Crippen molar-refractivity contribution in [2.24, 2.45) is 11.3 Å². The van der Waals surface area contributed by atoms with E-state index in [0.29, 0.717) is 12.1 Å². The maximum atomic E-state index is 4.35. The van der Waals surface area contributed by atoms with Crippen LogP contribution in [0.15, 0.2) is 42.5 Å². The molecule has 0 bridgehead atoms. The summed E-state index contributed by atoms with van der Waals surface area (Å²) < 4.78 is 0. The lowest BCUT2D eigenvalue weighted by Crippen LogP contribution is -2.51. The van der Waals surface area contributed by atoms with Crippen LogP contribution >= 0.6 is 0 Å². The van der Waals surface area contributed by atoms with Gasteiger partial charge in [0.15, 0.2) is 0 Å². The molecule has 0 aliphatic heterocycles. The van der Waals surface area contributed by atoms with Gasteiger partial charge < -0.3 is 5.32 Å². The fourth-order valence-electron chi connectivity index (χ4n) is 3.79. The number of hydrogen-bond acceptors (Lipinski definition) is 1. The Bertz CT molecular complexity index is 460. The van der Waals surface area contributed by atoms with Crippen molar-refractivity contribution in [1.29, 1.82) is 0 Å². The average molecular weight is 285 g/mol. The molecule has 1 N–H and O–H groups in total. The van der Waals surface area contributed by atoms with Crippen LogP contribution in [0.5, 0.6) is 0 Å². The molecule has 1 aliphatic carbocycles. The van der Waals surface area contributed by atoms with E-state index >= 15 is 0 Å². The van der Waals surface area contributed by atoms with Crippen LogP contribution in [0.4, 0.5) is 0 Å². The van der Waals surface area contributed by atoms with E-state index in [1.54, 1.807) is 0 Å². The topological polar surface area (TPSA) is 12.0 Å². The van der Waals surface area contributed by atoms with Crippen molar-refractivity contribution < 1.29 is 0 Å². The van der Waals surface area contributed by atoms with Crippen molar-refractivity contribution >= 4 is 0 Å². The average Bonchev–Trinajstić information content (AvgIpc) is 2.48. The Morgan fingerprint density at radius 2 is 1.95 bits per heavy atom. The number of rotatable bonds is 5. The van der Waals surface area contributed by atoms with E-state index in [4.69, 9.17) is 0 Å². The first-order valence-electron chi connectivity index (χ1n) is 8.46. The molecular formula is C20H31N. The highest BCUT2D eigenvalue weighted by molar-refractivity contribution is 5.21. The molecule has 0 spiro atoms. The first kappa shape index (κ1) is 16.3. The Labute approximate surface area is 130 Å². The van der Waals surface area contributed by atoms with Gasteiger partial charge >= 0.3 is 0 Å². The van der Waals surface area contributed by atoms with E-state index in [9.17, 15) is 0 Å². The molecule has 1 saturated carbocycles. The molecule has 1 fully saturated rings. The Balaban J connectivity index is 2.17. The molecule has 3 atom stereocenters.